The number of aromatic amines is 1. The van der Waals surface area contributed by atoms with Crippen molar-refractivity contribution >= 4 is 11.8 Å². The Bertz CT molecular complexity index is 352. The van der Waals surface area contributed by atoms with Crippen molar-refractivity contribution in [2.45, 2.75) is 18.6 Å². The molecule has 0 bridgehead atoms. The molecular weight excluding hydrogens is 172 g/mol. The SMILES string of the molecule is CC1SCCc2[nH]n(C)c(=O)c21. The van der Waals surface area contributed by atoms with E-state index in [0.29, 0.717) is 5.25 Å². The van der Waals surface area contributed by atoms with Gasteiger partial charge in [0.15, 0.2) is 0 Å². The van der Waals surface area contributed by atoms with Crippen LogP contribution >= 0.6 is 11.8 Å². The molecule has 2 heterocycles. The number of fused-ring (bicyclic) bond motifs is 1. The third-order valence-corrected chi connectivity index (χ3v) is 3.46. The fourth-order valence-electron chi connectivity index (χ4n) is 1.65. The number of aromatic nitrogens is 2. The van der Waals surface area contributed by atoms with Gasteiger partial charge in [-0.15, -0.1) is 0 Å². The molecule has 66 valence electrons. The maximum Gasteiger partial charge on any atom is 0.270 e. The molecule has 1 aromatic rings. The lowest BCUT2D eigenvalue weighted by molar-refractivity contribution is 0.723. The van der Waals surface area contributed by atoms with Gasteiger partial charge in [-0.1, -0.05) is 0 Å². The number of nitrogens with zero attached hydrogens (tertiary/aromatic N) is 1. The highest BCUT2D eigenvalue weighted by Gasteiger charge is 2.22. The van der Waals surface area contributed by atoms with E-state index in [2.05, 4.69) is 12.0 Å². The van der Waals surface area contributed by atoms with Crippen molar-refractivity contribution in [3.63, 3.8) is 0 Å². The molecule has 1 aliphatic heterocycles. The van der Waals surface area contributed by atoms with E-state index in [1.54, 1.807) is 11.7 Å². The summed E-state index contributed by atoms with van der Waals surface area (Å²) in [6.07, 6.45) is 1.00. The number of thioether (sulfide) groups is 1. The van der Waals surface area contributed by atoms with E-state index in [9.17, 15) is 4.79 Å². The average molecular weight is 184 g/mol. The summed E-state index contributed by atoms with van der Waals surface area (Å²) >= 11 is 1.85. The molecule has 0 saturated carbocycles. The number of aryl methyl sites for hydroxylation is 2. The van der Waals surface area contributed by atoms with Crippen LogP contribution in [0.5, 0.6) is 0 Å². The first kappa shape index (κ1) is 7.98. The normalized spacial score (nSPS) is 22.3. The van der Waals surface area contributed by atoms with Gasteiger partial charge in [-0.25, -0.2) is 0 Å². The zero-order chi connectivity index (χ0) is 8.72. The molecule has 4 heteroatoms. The Hall–Kier alpha value is -0.640. The molecule has 0 aromatic carbocycles. The molecular formula is C8H12N2OS. The molecule has 1 aliphatic rings. The van der Waals surface area contributed by atoms with Crippen LogP contribution in [-0.4, -0.2) is 15.5 Å². The number of H-pyrrole nitrogens is 1. The second-order valence-corrected chi connectivity index (χ2v) is 4.58. The molecule has 0 spiro atoms. The van der Waals surface area contributed by atoms with Gasteiger partial charge < -0.3 is 0 Å². The van der Waals surface area contributed by atoms with Gasteiger partial charge in [0.25, 0.3) is 5.56 Å². The van der Waals surface area contributed by atoms with Crippen LogP contribution < -0.4 is 5.56 Å². The average Bonchev–Trinajstić information content (AvgIpc) is 2.29. The Kier molecular flexibility index (Phi) is 1.79. The summed E-state index contributed by atoms with van der Waals surface area (Å²) in [6, 6.07) is 0. The van der Waals surface area contributed by atoms with E-state index in [0.717, 1.165) is 23.4 Å². The number of nitrogens with one attached hydrogen (secondary N) is 1. The predicted molar refractivity (Wildman–Crippen MR) is 50.6 cm³/mol. The first-order chi connectivity index (χ1) is 5.70. The Morgan fingerprint density at radius 2 is 2.42 bits per heavy atom. The molecule has 1 unspecified atom stereocenters. The first-order valence-corrected chi connectivity index (χ1v) is 5.14. The van der Waals surface area contributed by atoms with Crippen molar-refractivity contribution in [3.8, 4) is 0 Å². The van der Waals surface area contributed by atoms with E-state index in [4.69, 9.17) is 0 Å². The van der Waals surface area contributed by atoms with E-state index in [-0.39, 0.29) is 5.56 Å². The van der Waals surface area contributed by atoms with Gasteiger partial charge in [-0.05, 0) is 19.1 Å². The van der Waals surface area contributed by atoms with Gasteiger partial charge in [0.2, 0.25) is 0 Å². The molecule has 0 fully saturated rings. The van der Waals surface area contributed by atoms with Crippen LogP contribution in [0.3, 0.4) is 0 Å². The van der Waals surface area contributed by atoms with Crippen molar-refractivity contribution in [1.29, 1.82) is 0 Å². The molecule has 0 radical (unpaired) electrons. The maximum atomic E-state index is 11.5. The van der Waals surface area contributed by atoms with Gasteiger partial charge in [-0.2, -0.15) is 11.8 Å². The van der Waals surface area contributed by atoms with E-state index >= 15 is 0 Å². The number of hydrogen-bond acceptors (Lipinski definition) is 2. The van der Waals surface area contributed by atoms with Crippen molar-refractivity contribution in [1.82, 2.24) is 9.78 Å². The minimum atomic E-state index is 0.143. The van der Waals surface area contributed by atoms with Crippen molar-refractivity contribution in [3.05, 3.63) is 21.6 Å². The van der Waals surface area contributed by atoms with Crippen LogP contribution in [-0.2, 0) is 13.5 Å². The molecule has 0 saturated heterocycles. The minimum absolute atomic E-state index is 0.143. The second kappa shape index (κ2) is 2.69. The molecule has 12 heavy (non-hydrogen) atoms. The molecule has 0 aliphatic carbocycles. The molecule has 1 aromatic heterocycles. The van der Waals surface area contributed by atoms with Crippen LogP contribution in [0.4, 0.5) is 0 Å². The molecule has 1 atom stereocenters. The smallest absolute Gasteiger partial charge is 0.270 e. The monoisotopic (exact) mass is 184 g/mol. The Morgan fingerprint density at radius 3 is 3.08 bits per heavy atom. The van der Waals surface area contributed by atoms with Gasteiger partial charge in [-0.3, -0.25) is 14.6 Å². The quantitative estimate of drug-likeness (QED) is 0.654. The van der Waals surface area contributed by atoms with E-state index in [1.807, 2.05) is 11.8 Å². The van der Waals surface area contributed by atoms with Crippen molar-refractivity contribution in [2.75, 3.05) is 5.75 Å². The summed E-state index contributed by atoms with van der Waals surface area (Å²) in [6.45, 7) is 2.10. The van der Waals surface area contributed by atoms with Gasteiger partial charge >= 0.3 is 0 Å². The zero-order valence-corrected chi connectivity index (χ0v) is 8.07. The largest absolute Gasteiger partial charge is 0.300 e. The first-order valence-electron chi connectivity index (χ1n) is 4.09. The van der Waals surface area contributed by atoms with Gasteiger partial charge in [0, 0.05) is 18.0 Å². The van der Waals surface area contributed by atoms with Crippen molar-refractivity contribution < 1.29 is 0 Å². The van der Waals surface area contributed by atoms with Crippen LogP contribution in [0.1, 0.15) is 23.4 Å². The summed E-state index contributed by atoms with van der Waals surface area (Å²) in [7, 11) is 1.78. The summed E-state index contributed by atoms with van der Waals surface area (Å²) in [5, 5.41) is 3.45. The highest BCUT2D eigenvalue weighted by atomic mass is 32.2. The Balaban J connectivity index is 2.61. The Morgan fingerprint density at radius 1 is 1.67 bits per heavy atom. The third kappa shape index (κ3) is 1.02. The van der Waals surface area contributed by atoms with Crippen LogP contribution in [0.25, 0.3) is 0 Å². The second-order valence-electron chi connectivity index (χ2n) is 3.13. The summed E-state index contributed by atoms with van der Waals surface area (Å²) in [5.41, 5.74) is 2.26. The Labute approximate surface area is 75.1 Å². The third-order valence-electron chi connectivity index (χ3n) is 2.29. The van der Waals surface area contributed by atoms with Gasteiger partial charge in [0.1, 0.15) is 0 Å². The highest BCUT2D eigenvalue weighted by Crippen LogP contribution is 2.32. The van der Waals surface area contributed by atoms with E-state index in [1.165, 1.54) is 0 Å². The van der Waals surface area contributed by atoms with E-state index < -0.39 is 0 Å². The van der Waals surface area contributed by atoms with Crippen LogP contribution in [0, 0.1) is 0 Å². The molecule has 1 N–H and O–H groups in total. The van der Waals surface area contributed by atoms with Crippen LogP contribution in [0.15, 0.2) is 4.79 Å². The lowest BCUT2D eigenvalue weighted by Crippen LogP contribution is -2.17. The van der Waals surface area contributed by atoms with Gasteiger partial charge in [0.05, 0.1) is 5.56 Å². The summed E-state index contributed by atoms with van der Waals surface area (Å²) in [4.78, 5) is 11.5. The fourth-order valence-corrected chi connectivity index (χ4v) is 2.74. The molecule has 0 amide bonds. The number of rotatable bonds is 0. The predicted octanol–water partition coefficient (Wildman–Crippen LogP) is 1.06. The summed E-state index contributed by atoms with van der Waals surface area (Å²) in [5.74, 6) is 1.12. The standard InChI is InChI=1S/C8H12N2OS/c1-5-7-6(3-4-12-5)9-10(2)8(7)11/h5,9H,3-4H2,1-2H3. The topological polar surface area (TPSA) is 37.8 Å². The van der Waals surface area contributed by atoms with Crippen LogP contribution in [0.2, 0.25) is 0 Å². The zero-order valence-electron chi connectivity index (χ0n) is 7.26. The lowest BCUT2D eigenvalue weighted by atomic mass is 10.1. The highest BCUT2D eigenvalue weighted by molar-refractivity contribution is 7.99. The summed E-state index contributed by atoms with van der Waals surface area (Å²) < 4.78 is 1.58. The maximum absolute atomic E-state index is 11.5. The fraction of sp³-hybridized carbons (Fsp3) is 0.625. The molecule has 3 nitrogen and oxygen atoms in total. The molecule has 2 rings (SSSR count). The lowest BCUT2D eigenvalue weighted by Gasteiger charge is -2.15. The van der Waals surface area contributed by atoms with Crippen molar-refractivity contribution in [2.24, 2.45) is 7.05 Å². The minimum Gasteiger partial charge on any atom is -0.300 e. The number of hydrogen-bond donors (Lipinski definition) is 1.